The van der Waals surface area contributed by atoms with Gasteiger partial charge in [0.2, 0.25) is 0 Å². The van der Waals surface area contributed by atoms with Crippen LogP contribution in [0.15, 0.2) is 52.6 Å². The summed E-state index contributed by atoms with van der Waals surface area (Å²) in [6.07, 6.45) is 0. The number of fused-ring (bicyclic) bond motifs is 2. The molecule has 4 rings (SSSR count). The Bertz CT molecular complexity index is 854. The Morgan fingerprint density at radius 3 is 2.52 bits per heavy atom. The van der Waals surface area contributed by atoms with Crippen LogP contribution in [0.2, 0.25) is 0 Å². The molecule has 2 heterocycles. The molecule has 0 aromatic heterocycles. The van der Waals surface area contributed by atoms with Gasteiger partial charge in [0.25, 0.3) is 5.91 Å². The molecule has 0 saturated heterocycles. The van der Waals surface area contributed by atoms with Gasteiger partial charge in [-0.3, -0.25) is 10.2 Å². The van der Waals surface area contributed by atoms with Crippen molar-refractivity contribution in [1.82, 2.24) is 0 Å². The average molecular weight is 340 g/mol. The lowest BCUT2D eigenvalue weighted by atomic mass is 10.0. The van der Waals surface area contributed by atoms with E-state index < -0.39 is 0 Å². The molecule has 0 fully saturated rings. The quantitative estimate of drug-likeness (QED) is 0.642. The minimum absolute atomic E-state index is 0.178. The summed E-state index contributed by atoms with van der Waals surface area (Å²) in [4.78, 5) is 12.3. The molecule has 4 nitrogen and oxygen atoms in total. The highest BCUT2D eigenvalue weighted by Crippen LogP contribution is 2.39. The average Bonchev–Trinajstić information content (AvgIpc) is 2.96. The molecule has 0 atom stereocenters. The maximum absolute atomic E-state index is 12.3. The molecule has 2 aromatic carbocycles. The van der Waals surface area contributed by atoms with Crippen molar-refractivity contribution in [2.75, 3.05) is 10.6 Å². The summed E-state index contributed by atoms with van der Waals surface area (Å²) in [5.74, 6) is -0.178. The second kappa shape index (κ2) is 4.30. The van der Waals surface area contributed by atoms with Crippen LogP contribution in [0.5, 0.6) is 0 Å². The van der Waals surface area contributed by atoms with Gasteiger partial charge in [-0.05, 0) is 24.3 Å². The van der Waals surface area contributed by atoms with E-state index in [2.05, 4.69) is 26.6 Å². The van der Waals surface area contributed by atoms with E-state index >= 15 is 0 Å². The van der Waals surface area contributed by atoms with Gasteiger partial charge >= 0.3 is 0 Å². The molecule has 5 heteroatoms. The first-order valence-electron chi connectivity index (χ1n) is 6.46. The van der Waals surface area contributed by atoms with Crippen LogP contribution in [0.25, 0.3) is 5.57 Å². The van der Waals surface area contributed by atoms with Gasteiger partial charge in [-0.1, -0.05) is 34.1 Å². The highest BCUT2D eigenvalue weighted by atomic mass is 79.9. The van der Waals surface area contributed by atoms with Crippen molar-refractivity contribution in [1.29, 1.82) is 5.41 Å². The van der Waals surface area contributed by atoms with Gasteiger partial charge in [0.1, 0.15) is 0 Å². The molecule has 0 aliphatic carbocycles. The van der Waals surface area contributed by atoms with Crippen LogP contribution in [0, 0.1) is 5.41 Å². The summed E-state index contributed by atoms with van der Waals surface area (Å²) in [5, 5.41) is 14.4. The van der Waals surface area contributed by atoms with E-state index in [-0.39, 0.29) is 5.91 Å². The number of para-hydroxylation sites is 1. The fourth-order valence-corrected chi connectivity index (χ4v) is 3.08. The van der Waals surface area contributed by atoms with E-state index in [1.807, 2.05) is 42.5 Å². The first kappa shape index (κ1) is 12.3. The van der Waals surface area contributed by atoms with Crippen molar-refractivity contribution in [3.8, 4) is 0 Å². The van der Waals surface area contributed by atoms with Crippen LogP contribution < -0.4 is 10.6 Å². The van der Waals surface area contributed by atoms with Gasteiger partial charge in [-0.15, -0.1) is 0 Å². The van der Waals surface area contributed by atoms with Crippen LogP contribution in [0.1, 0.15) is 11.1 Å². The number of rotatable bonds is 0. The van der Waals surface area contributed by atoms with Gasteiger partial charge in [-0.25, -0.2) is 0 Å². The number of halogens is 1. The maximum atomic E-state index is 12.3. The SMILES string of the molecule is N=C1/C(=C2/C(=O)Nc3ccc(Br)cc32)Nc2ccccc21. The van der Waals surface area contributed by atoms with E-state index in [1.165, 1.54) is 0 Å². The smallest absolute Gasteiger partial charge is 0.258 e. The molecular formula is C16H10BrN3O. The Kier molecular flexibility index (Phi) is 2.53. The molecule has 3 N–H and O–H groups in total. The molecule has 1 amide bonds. The Labute approximate surface area is 129 Å². The van der Waals surface area contributed by atoms with E-state index in [4.69, 9.17) is 5.41 Å². The van der Waals surface area contributed by atoms with Crippen molar-refractivity contribution in [2.24, 2.45) is 0 Å². The second-order valence-corrected chi connectivity index (χ2v) is 5.86. The Morgan fingerprint density at radius 2 is 1.71 bits per heavy atom. The van der Waals surface area contributed by atoms with E-state index in [1.54, 1.807) is 0 Å². The first-order valence-corrected chi connectivity index (χ1v) is 7.25. The van der Waals surface area contributed by atoms with Gasteiger partial charge in [0.15, 0.2) is 0 Å². The number of hydrogen-bond acceptors (Lipinski definition) is 3. The minimum atomic E-state index is -0.178. The van der Waals surface area contributed by atoms with E-state index in [9.17, 15) is 4.79 Å². The lowest BCUT2D eigenvalue weighted by molar-refractivity contribution is -0.110. The molecule has 0 radical (unpaired) electrons. The van der Waals surface area contributed by atoms with E-state index in [0.29, 0.717) is 17.0 Å². The number of anilines is 2. The topological polar surface area (TPSA) is 65.0 Å². The third-order valence-electron chi connectivity index (χ3n) is 3.68. The molecule has 2 aliphatic rings. The highest BCUT2D eigenvalue weighted by molar-refractivity contribution is 9.10. The molecule has 0 spiro atoms. The zero-order chi connectivity index (χ0) is 14.6. The standard InChI is InChI=1S/C16H10BrN3O/c17-8-5-6-12-10(7-8)13(16(21)20-12)15-14(18)9-3-1-2-4-11(9)19-15/h1-7,18-19H,(H,20,21)/b15-13-,18-14?. The van der Waals surface area contributed by atoms with Gasteiger partial charge < -0.3 is 10.6 Å². The predicted molar refractivity (Wildman–Crippen MR) is 86.6 cm³/mol. The molecular weight excluding hydrogens is 330 g/mol. The summed E-state index contributed by atoms with van der Waals surface area (Å²) in [6, 6.07) is 13.2. The summed E-state index contributed by atoms with van der Waals surface area (Å²) in [7, 11) is 0. The molecule has 2 aromatic rings. The third-order valence-corrected chi connectivity index (χ3v) is 4.18. The van der Waals surface area contributed by atoms with Crippen molar-refractivity contribution in [3.05, 3.63) is 63.8 Å². The zero-order valence-corrected chi connectivity index (χ0v) is 12.4. The lowest BCUT2D eigenvalue weighted by Crippen LogP contribution is -2.11. The first-order chi connectivity index (χ1) is 10.1. The van der Waals surface area contributed by atoms with Crippen LogP contribution in [-0.4, -0.2) is 11.6 Å². The van der Waals surface area contributed by atoms with Crippen molar-refractivity contribution in [3.63, 3.8) is 0 Å². The lowest BCUT2D eigenvalue weighted by Gasteiger charge is -2.05. The second-order valence-electron chi connectivity index (χ2n) is 4.94. The monoisotopic (exact) mass is 339 g/mol. The Hall–Kier alpha value is -2.40. The van der Waals surface area contributed by atoms with Crippen LogP contribution in [-0.2, 0) is 4.79 Å². The van der Waals surface area contributed by atoms with Crippen molar-refractivity contribution < 1.29 is 4.79 Å². The van der Waals surface area contributed by atoms with Crippen molar-refractivity contribution >= 4 is 44.5 Å². The van der Waals surface area contributed by atoms with Gasteiger partial charge in [0, 0.05) is 27.0 Å². The van der Waals surface area contributed by atoms with E-state index in [0.717, 1.165) is 27.0 Å². The van der Waals surface area contributed by atoms with Crippen LogP contribution in [0.3, 0.4) is 0 Å². The number of allylic oxidation sites excluding steroid dienone is 1. The molecule has 0 saturated carbocycles. The van der Waals surface area contributed by atoms with Crippen molar-refractivity contribution in [2.45, 2.75) is 0 Å². The molecule has 2 aliphatic heterocycles. The Balaban J connectivity index is 1.94. The molecule has 0 bridgehead atoms. The summed E-state index contributed by atoms with van der Waals surface area (Å²) in [6.45, 7) is 0. The molecule has 0 unspecified atom stereocenters. The number of benzene rings is 2. The fourth-order valence-electron chi connectivity index (χ4n) is 2.72. The fraction of sp³-hybridized carbons (Fsp3) is 0. The van der Waals surface area contributed by atoms with Gasteiger partial charge in [0.05, 0.1) is 17.0 Å². The van der Waals surface area contributed by atoms with Crippen LogP contribution >= 0.6 is 15.9 Å². The largest absolute Gasteiger partial charge is 0.353 e. The van der Waals surface area contributed by atoms with Crippen LogP contribution in [0.4, 0.5) is 11.4 Å². The normalized spacial score (nSPS) is 19.1. The number of amides is 1. The molecule has 102 valence electrons. The summed E-state index contributed by atoms with van der Waals surface area (Å²) < 4.78 is 0.901. The summed E-state index contributed by atoms with van der Waals surface area (Å²) >= 11 is 3.43. The van der Waals surface area contributed by atoms with Gasteiger partial charge in [-0.2, -0.15) is 0 Å². The number of hydrogen-bond donors (Lipinski definition) is 3. The third kappa shape index (κ3) is 1.74. The number of carbonyl (C=O) groups is 1. The highest BCUT2D eigenvalue weighted by Gasteiger charge is 2.32. The minimum Gasteiger partial charge on any atom is -0.353 e. The number of nitrogens with one attached hydrogen (secondary N) is 3. The number of carbonyl (C=O) groups excluding carboxylic acids is 1. The zero-order valence-electron chi connectivity index (χ0n) is 10.8. The predicted octanol–water partition coefficient (Wildman–Crippen LogP) is 3.61. The maximum Gasteiger partial charge on any atom is 0.258 e. The molecule has 21 heavy (non-hydrogen) atoms. The Morgan fingerprint density at radius 1 is 0.952 bits per heavy atom. The summed E-state index contributed by atoms with van der Waals surface area (Å²) in [5.41, 5.74) is 4.70.